The molecule has 0 atom stereocenters. The van der Waals surface area contributed by atoms with E-state index in [1.165, 1.54) is 0 Å². The van der Waals surface area contributed by atoms with Crippen molar-refractivity contribution in [2.24, 2.45) is 0 Å². The topological polar surface area (TPSA) is 35.5 Å². The lowest BCUT2D eigenvalue weighted by Gasteiger charge is -2.01. The van der Waals surface area contributed by atoms with E-state index >= 15 is 0 Å². The molecule has 0 heterocycles. The van der Waals surface area contributed by atoms with Gasteiger partial charge >= 0.3 is 5.97 Å². The number of carbonyl (C=O) groups is 1. The van der Waals surface area contributed by atoms with E-state index in [2.05, 4.69) is 0 Å². The number of carbonyl (C=O) groups excluding carboxylic acids is 1. The van der Waals surface area contributed by atoms with Gasteiger partial charge in [0, 0.05) is 5.57 Å². The summed E-state index contributed by atoms with van der Waals surface area (Å²) in [5.74, 6) is 0.541. The van der Waals surface area contributed by atoms with Gasteiger partial charge in [-0.3, -0.25) is 0 Å². The third-order valence-electron chi connectivity index (χ3n) is 2.49. The van der Waals surface area contributed by atoms with Crippen LogP contribution in [-0.2, 0) is 9.53 Å². The molecule has 0 saturated carbocycles. The van der Waals surface area contributed by atoms with Crippen molar-refractivity contribution in [2.45, 2.75) is 13.8 Å². The maximum atomic E-state index is 11.3. The van der Waals surface area contributed by atoms with Gasteiger partial charge in [-0.2, -0.15) is 0 Å². The summed E-state index contributed by atoms with van der Waals surface area (Å²) in [6, 6.07) is 7.65. The Morgan fingerprint density at radius 2 is 1.94 bits per heavy atom. The van der Waals surface area contributed by atoms with Crippen molar-refractivity contribution in [1.29, 1.82) is 0 Å². The average Bonchev–Trinajstić information content (AvgIpc) is 2.43. The van der Waals surface area contributed by atoms with Crippen LogP contribution in [0.4, 0.5) is 0 Å². The van der Waals surface area contributed by atoms with Crippen LogP contribution in [0.15, 0.2) is 42.0 Å². The quantitative estimate of drug-likeness (QED) is 0.591. The minimum absolute atomic E-state index is 0.274. The van der Waals surface area contributed by atoms with Gasteiger partial charge in [0.1, 0.15) is 12.4 Å². The van der Waals surface area contributed by atoms with E-state index in [0.29, 0.717) is 5.57 Å². The first-order chi connectivity index (χ1) is 8.67. The molecule has 3 nitrogen and oxygen atoms in total. The van der Waals surface area contributed by atoms with Crippen molar-refractivity contribution in [3.05, 3.63) is 47.6 Å². The first-order valence-electron chi connectivity index (χ1n) is 5.78. The van der Waals surface area contributed by atoms with E-state index < -0.39 is 0 Å². The van der Waals surface area contributed by atoms with E-state index in [1.54, 1.807) is 20.1 Å². The van der Waals surface area contributed by atoms with Crippen LogP contribution in [0.5, 0.6) is 5.75 Å². The van der Waals surface area contributed by atoms with Gasteiger partial charge in [-0.25, -0.2) is 4.79 Å². The first-order valence-corrected chi connectivity index (χ1v) is 5.78. The summed E-state index contributed by atoms with van der Waals surface area (Å²) in [5, 5.41) is 0. The second-order valence-corrected chi connectivity index (χ2v) is 3.75. The van der Waals surface area contributed by atoms with Gasteiger partial charge in [0.25, 0.3) is 0 Å². The van der Waals surface area contributed by atoms with Gasteiger partial charge in [-0.05, 0) is 37.6 Å². The van der Waals surface area contributed by atoms with Crippen molar-refractivity contribution in [3.63, 3.8) is 0 Å². The fraction of sp³-hybridized carbons (Fsp3) is 0.267. The van der Waals surface area contributed by atoms with Crippen LogP contribution < -0.4 is 4.74 Å². The lowest BCUT2D eigenvalue weighted by Crippen LogP contribution is -2.05. The second kappa shape index (κ2) is 7.33. The monoisotopic (exact) mass is 246 g/mol. The fourth-order valence-electron chi connectivity index (χ4n) is 1.25. The second-order valence-electron chi connectivity index (χ2n) is 3.75. The normalized spacial score (nSPS) is 11.6. The maximum Gasteiger partial charge on any atom is 0.333 e. The number of hydrogen-bond donors (Lipinski definition) is 0. The number of methoxy groups -OCH3 is 1. The number of esters is 1. The highest BCUT2D eigenvalue weighted by Gasteiger charge is 2.01. The van der Waals surface area contributed by atoms with Gasteiger partial charge in [0.15, 0.2) is 0 Å². The molecule has 96 valence electrons. The van der Waals surface area contributed by atoms with Crippen LogP contribution in [0.1, 0.15) is 19.4 Å². The third kappa shape index (κ3) is 4.45. The molecular formula is C15H18O3. The Hall–Kier alpha value is -2.03. The van der Waals surface area contributed by atoms with E-state index in [1.807, 2.05) is 43.3 Å². The number of rotatable bonds is 5. The van der Waals surface area contributed by atoms with Crippen LogP contribution in [0.3, 0.4) is 0 Å². The number of allylic oxidation sites excluding steroid dienone is 1. The summed E-state index contributed by atoms with van der Waals surface area (Å²) < 4.78 is 10.1. The Bertz CT molecular complexity index is 441. The lowest BCUT2D eigenvalue weighted by molar-refractivity contribution is -0.137. The zero-order chi connectivity index (χ0) is 13.4. The molecule has 18 heavy (non-hydrogen) atoms. The molecule has 0 aliphatic heterocycles. The van der Waals surface area contributed by atoms with Crippen molar-refractivity contribution >= 4 is 12.0 Å². The molecule has 0 spiro atoms. The minimum Gasteiger partial charge on any atom is -0.497 e. The Balaban J connectivity index is 2.43. The van der Waals surface area contributed by atoms with Gasteiger partial charge in [-0.1, -0.05) is 24.3 Å². The number of ether oxygens (including phenoxy) is 2. The van der Waals surface area contributed by atoms with Crippen LogP contribution in [0.25, 0.3) is 6.08 Å². The third-order valence-corrected chi connectivity index (χ3v) is 2.49. The van der Waals surface area contributed by atoms with Crippen molar-refractivity contribution in [2.75, 3.05) is 13.7 Å². The average molecular weight is 246 g/mol. The summed E-state index contributed by atoms with van der Waals surface area (Å²) in [6.45, 7) is 3.81. The van der Waals surface area contributed by atoms with Crippen molar-refractivity contribution in [3.8, 4) is 5.75 Å². The Morgan fingerprint density at radius 1 is 1.28 bits per heavy atom. The molecular weight excluding hydrogens is 228 g/mol. The molecule has 0 amide bonds. The Morgan fingerprint density at radius 3 is 2.50 bits per heavy atom. The zero-order valence-electron chi connectivity index (χ0n) is 11.0. The van der Waals surface area contributed by atoms with Gasteiger partial charge in [0.2, 0.25) is 0 Å². The van der Waals surface area contributed by atoms with E-state index in [4.69, 9.17) is 9.47 Å². The maximum absolute atomic E-state index is 11.3. The molecule has 1 aromatic carbocycles. The molecule has 0 fully saturated rings. The van der Waals surface area contributed by atoms with Crippen LogP contribution in [0, 0.1) is 0 Å². The zero-order valence-corrected chi connectivity index (χ0v) is 11.0. The minimum atomic E-state index is -0.281. The van der Waals surface area contributed by atoms with Crippen molar-refractivity contribution in [1.82, 2.24) is 0 Å². The lowest BCUT2D eigenvalue weighted by atomic mass is 10.2. The predicted octanol–water partition coefficient (Wildman–Crippen LogP) is 3.22. The molecule has 0 aliphatic carbocycles. The van der Waals surface area contributed by atoms with Gasteiger partial charge < -0.3 is 9.47 Å². The molecule has 0 unspecified atom stereocenters. The molecule has 0 N–H and O–H groups in total. The molecule has 0 radical (unpaired) electrons. The first kappa shape index (κ1) is 14.0. The van der Waals surface area contributed by atoms with Crippen molar-refractivity contribution < 1.29 is 14.3 Å². The SMILES string of the molecule is CC=C(C)C(=O)OCC=Cc1ccc(OC)cc1. The molecule has 0 aliphatic rings. The largest absolute Gasteiger partial charge is 0.497 e. The van der Waals surface area contributed by atoms with Crippen LogP contribution in [-0.4, -0.2) is 19.7 Å². The van der Waals surface area contributed by atoms with E-state index in [0.717, 1.165) is 11.3 Å². The number of hydrogen-bond acceptors (Lipinski definition) is 3. The van der Waals surface area contributed by atoms with Gasteiger partial charge in [-0.15, -0.1) is 0 Å². The molecule has 0 saturated heterocycles. The predicted molar refractivity (Wildman–Crippen MR) is 72.4 cm³/mol. The highest BCUT2D eigenvalue weighted by Crippen LogP contribution is 2.12. The molecule has 1 aromatic rings. The number of benzene rings is 1. The summed E-state index contributed by atoms with van der Waals surface area (Å²) in [7, 11) is 1.63. The van der Waals surface area contributed by atoms with Gasteiger partial charge in [0.05, 0.1) is 7.11 Å². The summed E-state index contributed by atoms with van der Waals surface area (Å²) >= 11 is 0. The molecule has 0 bridgehead atoms. The highest BCUT2D eigenvalue weighted by molar-refractivity contribution is 5.87. The van der Waals surface area contributed by atoms with E-state index in [-0.39, 0.29) is 12.6 Å². The Kier molecular flexibility index (Phi) is 5.71. The summed E-state index contributed by atoms with van der Waals surface area (Å²) in [4.78, 5) is 11.3. The Labute approximate surface area is 108 Å². The summed E-state index contributed by atoms with van der Waals surface area (Å²) in [5.41, 5.74) is 1.66. The molecule has 1 rings (SSSR count). The van der Waals surface area contributed by atoms with E-state index in [9.17, 15) is 4.79 Å². The summed E-state index contributed by atoms with van der Waals surface area (Å²) in [6.07, 6.45) is 5.44. The smallest absolute Gasteiger partial charge is 0.333 e. The standard InChI is InChI=1S/C15H18O3/c1-4-12(2)15(16)18-11-5-6-13-7-9-14(17-3)10-8-13/h4-10H,11H2,1-3H3. The molecule has 3 heteroatoms. The molecule has 0 aromatic heterocycles. The fourth-order valence-corrected chi connectivity index (χ4v) is 1.25. The highest BCUT2D eigenvalue weighted by atomic mass is 16.5. The van der Waals surface area contributed by atoms with Crippen LogP contribution in [0.2, 0.25) is 0 Å². The van der Waals surface area contributed by atoms with Crippen LogP contribution >= 0.6 is 0 Å².